The normalized spacial score (nSPS) is 23.4. The van der Waals surface area contributed by atoms with Crippen molar-refractivity contribution in [3.63, 3.8) is 0 Å². The Hall–Kier alpha value is -1.32. The van der Waals surface area contributed by atoms with Crippen molar-refractivity contribution < 1.29 is 0 Å². The van der Waals surface area contributed by atoms with E-state index in [9.17, 15) is 0 Å². The monoisotopic (exact) mass is 287 g/mol. The van der Waals surface area contributed by atoms with E-state index in [4.69, 9.17) is 11.6 Å². The van der Waals surface area contributed by atoms with Crippen molar-refractivity contribution in [2.24, 2.45) is 0 Å². The molecule has 0 amide bonds. The molecule has 104 valence electrons. The first kappa shape index (κ1) is 12.4. The molecule has 1 aliphatic heterocycles. The molecule has 1 aromatic heterocycles. The van der Waals surface area contributed by atoms with Gasteiger partial charge in [-0.3, -0.25) is 9.88 Å². The van der Waals surface area contributed by atoms with Crippen LogP contribution in [0.3, 0.4) is 0 Å². The lowest BCUT2D eigenvalue weighted by atomic mass is 10.1. The first-order chi connectivity index (χ1) is 9.79. The molecule has 4 rings (SSSR count). The zero-order chi connectivity index (χ0) is 13.5. The molecule has 2 fully saturated rings. The first-order valence-corrected chi connectivity index (χ1v) is 7.72. The number of anilines is 1. The predicted molar refractivity (Wildman–Crippen MR) is 83.4 cm³/mol. The highest BCUT2D eigenvalue weighted by molar-refractivity contribution is 6.31. The van der Waals surface area contributed by atoms with Crippen molar-refractivity contribution in [2.45, 2.75) is 31.3 Å². The van der Waals surface area contributed by atoms with Gasteiger partial charge in [-0.05, 0) is 43.5 Å². The van der Waals surface area contributed by atoms with Crippen LogP contribution >= 0.6 is 11.6 Å². The fourth-order valence-electron chi connectivity index (χ4n) is 3.14. The summed E-state index contributed by atoms with van der Waals surface area (Å²) >= 11 is 6.04. The largest absolute Gasteiger partial charge is 0.380 e. The molecule has 1 aromatic carbocycles. The molecule has 2 aromatic rings. The summed E-state index contributed by atoms with van der Waals surface area (Å²) in [4.78, 5) is 7.02. The summed E-state index contributed by atoms with van der Waals surface area (Å²) in [6, 6.07) is 9.40. The summed E-state index contributed by atoms with van der Waals surface area (Å²) in [6.45, 7) is 2.40. The van der Waals surface area contributed by atoms with Gasteiger partial charge in [-0.1, -0.05) is 11.6 Å². The number of halogens is 1. The molecule has 1 aliphatic carbocycles. The van der Waals surface area contributed by atoms with Gasteiger partial charge in [-0.25, -0.2) is 0 Å². The van der Waals surface area contributed by atoms with Crippen LogP contribution in [0.1, 0.15) is 19.3 Å². The third-order valence-corrected chi connectivity index (χ3v) is 4.58. The molecule has 3 nitrogen and oxygen atoms in total. The van der Waals surface area contributed by atoms with E-state index >= 15 is 0 Å². The Morgan fingerprint density at radius 3 is 2.95 bits per heavy atom. The summed E-state index contributed by atoms with van der Waals surface area (Å²) < 4.78 is 0. The summed E-state index contributed by atoms with van der Waals surface area (Å²) in [7, 11) is 0. The van der Waals surface area contributed by atoms with E-state index in [0.29, 0.717) is 6.04 Å². The van der Waals surface area contributed by atoms with E-state index in [1.807, 2.05) is 18.3 Å². The minimum atomic E-state index is 0.553. The number of nitrogens with zero attached hydrogens (tertiary/aromatic N) is 2. The highest BCUT2D eigenvalue weighted by Gasteiger charge is 2.34. The van der Waals surface area contributed by atoms with Crippen LogP contribution in [-0.4, -0.2) is 35.1 Å². The van der Waals surface area contributed by atoms with Crippen LogP contribution in [0.4, 0.5) is 5.69 Å². The van der Waals surface area contributed by atoms with Crippen LogP contribution in [0, 0.1) is 0 Å². The molecular formula is C16H18ClN3. The van der Waals surface area contributed by atoms with E-state index in [1.165, 1.54) is 38.0 Å². The summed E-state index contributed by atoms with van der Waals surface area (Å²) in [6.07, 6.45) is 5.87. The molecule has 2 aliphatic rings. The predicted octanol–water partition coefficient (Wildman–Crippen LogP) is 3.54. The zero-order valence-corrected chi connectivity index (χ0v) is 12.1. The van der Waals surface area contributed by atoms with Gasteiger partial charge >= 0.3 is 0 Å². The van der Waals surface area contributed by atoms with E-state index < -0.39 is 0 Å². The molecule has 1 N–H and O–H groups in total. The molecule has 20 heavy (non-hydrogen) atoms. The molecule has 0 spiro atoms. The maximum Gasteiger partial charge on any atom is 0.0737 e. The fourth-order valence-corrected chi connectivity index (χ4v) is 3.31. The van der Waals surface area contributed by atoms with Gasteiger partial charge in [0, 0.05) is 47.5 Å². The Kier molecular flexibility index (Phi) is 3.04. The Balaban J connectivity index is 1.56. The molecule has 0 bridgehead atoms. The smallest absolute Gasteiger partial charge is 0.0737 e. The third-order valence-electron chi connectivity index (χ3n) is 4.35. The van der Waals surface area contributed by atoms with Crippen LogP contribution in [0.25, 0.3) is 10.9 Å². The van der Waals surface area contributed by atoms with Crippen LogP contribution in [0.2, 0.25) is 5.02 Å². The van der Waals surface area contributed by atoms with Crippen molar-refractivity contribution in [3.05, 3.63) is 35.5 Å². The highest BCUT2D eigenvalue weighted by Crippen LogP contribution is 2.31. The molecule has 2 heterocycles. The number of fused-ring (bicyclic) bond motifs is 1. The third kappa shape index (κ3) is 2.36. The Bertz CT molecular complexity index is 639. The molecule has 1 saturated carbocycles. The summed E-state index contributed by atoms with van der Waals surface area (Å²) in [5.74, 6) is 0. The number of benzene rings is 1. The second-order valence-electron chi connectivity index (χ2n) is 5.88. The number of rotatable bonds is 3. The first-order valence-electron chi connectivity index (χ1n) is 7.34. The van der Waals surface area contributed by atoms with Crippen molar-refractivity contribution in [1.29, 1.82) is 0 Å². The number of hydrogen-bond acceptors (Lipinski definition) is 3. The average Bonchev–Trinajstić information content (AvgIpc) is 3.19. The van der Waals surface area contributed by atoms with Crippen molar-refractivity contribution in [2.75, 3.05) is 18.4 Å². The number of aromatic nitrogens is 1. The lowest BCUT2D eigenvalue weighted by molar-refractivity contribution is 0.326. The molecule has 1 unspecified atom stereocenters. The van der Waals surface area contributed by atoms with E-state index in [2.05, 4.69) is 27.3 Å². The van der Waals surface area contributed by atoms with Crippen LogP contribution in [0.15, 0.2) is 30.5 Å². The number of nitrogens with one attached hydrogen (secondary N) is 1. The van der Waals surface area contributed by atoms with Gasteiger partial charge in [-0.15, -0.1) is 0 Å². The van der Waals surface area contributed by atoms with Gasteiger partial charge in [0.15, 0.2) is 0 Å². The summed E-state index contributed by atoms with van der Waals surface area (Å²) in [5.41, 5.74) is 2.13. The van der Waals surface area contributed by atoms with Gasteiger partial charge in [0.25, 0.3) is 0 Å². The minimum absolute atomic E-state index is 0.553. The maximum absolute atomic E-state index is 6.04. The number of likely N-dealkylation sites (tertiary alicyclic amines) is 1. The van der Waals surface area contributed by atoms with E-state index in [-0.39, 0.29) is 0 Å². The zero-order valence-electron chi connectivity index (χ0n) is 11.3. The lowest BCUT2D eigenvalue weighted by Crippen LogP contribution is -2.27. The van der Waals surface area contributed by atoms with Crippen LogP contribution in [0.5, 0.6) is 0 Å². The van der Waals surface area contributed by atoms with Crippen LogP contribution < -0.4 is 5.32 Å². The Morgan fingerprint density at radius 1 is 1.20 bits per heavy atom. The topological polar surface area (TPSA) is 28.2 Å². The molecule has 0 radical (unpaired) electrons. The van der Waals surface area contributed by atoms with Crippen LogP contribution in [-0.2, 0) is 0 Å². The van der Waals surface area contributed by atoms with Crippen molar-refractivity contribution in [3.8, 4) is 0 Å². The second kappa shape index (κ2) is 4.90. The Labute approximate surface area is 123 Å². The van der Waals surface area contributed by atoms with Gasteiger partial charge < -0.3 is 5.32 Å². The van der Waals surface area contributed by atoms with Gasteiger partial charge in [0.1, 0.15) is 0 Å². The highest BCUT2D eigenvalue weighted by atomic mass is 35.5. The molecule has 1 saturated heterocycles. The number of hydrogen-bond donors (Lipinski definition) is 1. The lowest BCUT2D eigenvalue weighted by Gasteiger charge is -2.17. The van der Waals surface area contributed by atoms with Crippen molar-refractivity contribution >= 4 is 28.2 Å². The minimum Gasteiger partial charge on any atom is -0.380 e. The molecular weight excluding hydrogens is 270 g/mol. The quantitative estimate of drug-likeness (QED) is 0.936. The Morgan fingerprint density at radius 2 is 2.10 bits per heavy atom. The molecule has 4 heteroatoms. The number of pyridine rings is 1. The average molecular weight is 288 g/mol. The fraction of sp³-hybridized carbons (Fsp3) is 0.438. The summed E-state index contributed by atoms with van der Waals surface area (Å²) in [5, 5.41) is 5.58. The SMILES string of the molecule is Clc1ccc2c(NC3CCN(C4CC4)C3)ccnc2c1. The standard InChI is InChI=1S/C16H18ClN3/c17-11-1-4-14-15(5-7-18-16(14)9-11)19-12-6-8-20(10-12)13-2-3-13/h1,4-5,7,9,12-13H,2-3,6,8,10H2,(H,18,19). The maximum atomic E-state index is 6.04. The van der Waals surface area contributed by atoms with E-state index in [0.717, 1.165) is 22.0 Å². The van der Waals surface area contributed by atoms with E-state index in [1.54, 1.807) is 0 Å². The van der Waals surface area contributed by atoms with Crippen molar-refractivity contribution in [1.82, 2.24) is 9.88 Å². The van der Waals surface area contributed by atoms with Gasteiger partial charge in [0.2, 0.25) is 0 Å². The second-order valence-corrected chi connectivity index (χ2v) is 6.31. The molecule has 1 atom stereocenters. The van der Waals surface area contributed by atoms with Gasteiger partial charge in [-0.2, -0.15) is 0 Å². The van der Waals surface area contributed by atoms with Gasteiger partial charge in [0.05, 0.1) is 5.52 Å².